The zero-order chi connectivity index (χ0) is 15.4. The quantitative estimate of drug-likeness (QED) is 0.659. The Morgan fingerprint density at radius 2 is 1.52 bits per heavy atom. The molecule has 1 atom stereocenters. The molecule has 21 heavy (non-hydrogen) atoms. The summed E-state index contributed by atoms with van der Waals surface area (Å²) in [6, 6.07) is 10.8. The predicted octanol–water partition coefficient (Wildman–Crippen LogP) is 2.85. The maximum atomic E-state index is 11.8. The van der Waals surface area contributed by atoms with Gasteiger partial charge in [0, 0.05) is 23.5 Å². The maximum absolute atomic E-state index is 11.8. The van der Waals surface area contributed by atoms with Gasteiger partial charge in [-0.3, -0.25) is 4.79 Å². The van der Waals surface area contributed by atoms with E-state index in [1.807, 2.05) is 36.4 Å². The smallest absolute Gasteiger partial charge is 0.318 e. The van der Waals surface area contributed by atoms with Gasteiger partial charge in [0.1, 0.15) is 0 Å². The Morgan fingerprint density at radius 3 is 2.00 bits per heavy atom. The molecule has 3 amide bonds. The van der Waals surface area contributed by atoms with Gasteiger partial charge in [0.2, 0.25) is 5.91 Å². The average molecular weight is 303 g/mol. The van der Waals surface area contributed by atoms with Crippen LogP contribution in [0.4, 0.5) is 16.2 Å². The Labute approximate surface area is 128 Å². The molecule has 0 aliphatic carbocycles. The molecule has 0 saturated carbocycles. The topological polar surface area (TPSA) is 70.2 Å². The molecule has 1 unspecified atom stereocenters. The number of anilines is 2. The molecule has 0 bridgehead atoms. The van der Waals surface area contributed by atoms with Gasteiger partial charge in [-0.05, 0) is 19.1 Å². The molecule has 110 valence electrons. The number of urea groups is 1. The van der Waals surface area contributed by atoms with Gasteiger partial charge in [-0.2, -0.15) is 12.6 Å². The molecule has 3 N–H and O–H groups in total. The standard InChI is InChI=1S/C15H17N3O2S/c1-9(21)14(19)17-12-7-3-6-11-10(12)5-4-8-13(11)18-15(20)16-2/h3-9,21H,1-2H3,(H,17,19)(H2,16,18,20). The zero-order valence-electron chi connectivity index (χ0n) is 11.8. The molecule has 2 aromatic rings. The van der Waals surface area contributed by atoms with E-state index >= 15 is 0 Å². The van der Waals surface area contributed by atoms with E-state index in [0.717, 1.165) is 10.8 Å². The Morgan fingerprint density at radius 1 is 1.00 bits per heavy atom. The Bertz CT molecular complexity index is 686. The van der Waals surface area contributed by atoms with Gasteiger partial charge in [-0.1, -0.05) is 24.3 Å². The van der Waals surface area contributed by atoms with Gasteiger partial charge in [-0.25, -0.2) is 4.79 Å². The van der Waals surface area contributed by atoms with Crippen LogP contribution >= 0.6 is 12.6 Å². The van der Waals surface area contributed by atoms with Crippen molar-refractivity contribution in [2.75, 3.05) is 17.7 Å². The minimum Gasteiger partial charge on any atom is -0.341 e. The lowest BCUT2D eigenvalue weighted by Crippen LogP contribution is -2.24. The number of carbonyl (C=O) groups excluding carboxylic acids is 2. The highest BCUT2D eigenvalue weighted by atomic mass is 32.1. The van der Waals surface area contributed by atoms with E-state index in [-0.39, 0.29) is 11.9 Å². The number of thiol groups is 1. The number of nitrogens with one attached hydrogen (secondary N) is 3. The van der Waals surface area contributed by atoms with Crippen LogP contribution in [0.3, 0.4) is 0 Å². The average Bonchev–Trinajstić information content (AvgIpc) is 2.47. The van der Waals surface area contributed by atoms with E-state index in [0.29, 0.717) is 11.4 Å². The van der Waals surface area contributed by atoms with Gasteiger partial charge < -0.3 is 16.0 Å². The van der Waals surface area contributed by atoms with Crippen LogP contribution in [0, 0.1) is 0 Å². The molecule has 0 aromatic heterocycles. The fourth-order valence-electron chi connectivity index (χ4n) is 1.95. The second-order valence-corrected chi connectivity index (χ2v) is 5.35. The molecule has 0 fully saturated rings. The lowest BCUT2D eigenvalue weighted by atomic mass is 10.1. The lowest BCUT2D eigenvalue weighted by molar-refractivity contribution is -0.115. The monoisotopic (exact) mass is 303 g/mol. The van der Waals surface area contributed by atoms with Gasteiger partial charge in [0.25, 0.3) is 0 Å². The Hall–Kier alpha value is -2.21. The number of hydrogen-bond donors (Lipinski definition) is 4. The fraction of sp³-hybridized carbons (Fsp3) is 0.200. The number of hydrogen-bond acceptors (Lipinski definition) is 3. The number of benzene rings is 2. The Kier molecular flexibility index (Phi) is 4.70. The van der Waals surface area contributed by atoms with Crippen molar-refractivity contribution in [2.45, 2.75) is 12.2 Å². The molecule has 0 heterocycles. The normalized spacial score (nSPS) is 11.8. The Balaban J connectivity index is 2.43. The van der Waals surface area contributed by atoms with Gasteiger partial charge in [-0.15, -0.1) is 0 Å². The second-order valence-electron chi connectivity index (χ2n) is 4.58. The van der Waals surface area contributed by atoms with Crippen molar-refractivity contribution in [3.05, 3.63) is 36.4 Å². The first kappa shape index (κ1) is 15.2. The van der Waals surface area contributed by atoms with Crippen LogP contribution in [0.1, 0.15) is 6.92 Å². The van der Waals surface area contributed by atoms with Gasteiger partial charge in [0.05, 0.1) is 10.9 Å². The van der Waals surface area contributed by atoms with Crippen molar-refractivity contribution >= 4 is 46.7 Å². The van der Waals surface area contributed by atoms with Crippen molar-refractivity contribution in [3.8, 4) is 0 Å². The molecule has 6 heteroatoms. The minimum absolute atomic E-state index is 0.171. The number of fused-ring (bicyclic) bond motifs is 1. The van der Waals surface area contributed by atoms with Crippen LogP contribution in [0.15, 0.2) is 36.4 Å². The van der Waals surface area contributed by atoms with Crippen LogP contribution in [0.25, 0.3) is 10.8 Å². The molecule has 0 aliphatic heterocycles. The first-order chi connectivity index (χ1) is 10.0. The van der Waals surface area contributed by atoms with Crippen molar-refractivity contribution in [3.63, 3.8) is 0 Å². The van der Waals surface area contributed by atoms with E-state index in [9.17, 15) is 9.59 Å². The van der Waals surface area contributed by atoms with Crippen molar-refractivity contribution in [1.29, 1.82) is 0 Å². The van der Waals surface area contributed by atoms with E-state index in [1.165, 1.54) is 0 Å². The van der Waals surface area contributed by atoms with E-state index < -0.39 is 5.25 Å². The number of amides is 3. The van der Waals surface area contributed by atoms with Crippen LogP contribution in [-0.2, 0) is 4.79 Å². The highest BCUT2D eigenvalue weighted by molar-refractivity contribution is 7.81. The number of rotatable bonds is 3. The van der Waals surface area contributed by atoms with Crippen molar-refractivity contribution in [1.82, 2.24) is 5.32 Å². The summed E-state index contributed by atoms with van der Waals surface area (Å²) in [6.45, 7) is 1.71. The number of carbonyl (C=O) groups is 2. The van der Waals surface area contributed by atoms with Crippen LogP contribution < -0.4 is 16.0 Å². The third-order valence-electron chi connectivity index (χ3n) is 3.03. The molecule has 2 rings (SSSR count). The second kappa shape index (κ2) is 6.49. The summed E-state index contributed by atoms with van der Waals surface area (Å²) in [5.74, 6) is -0.171. The predicted molar refractivity (Wildman–Crippen MR) is 89.1 cm³/mol. The van der Waals surface area contributed by atoms with Crippen LogP contribution in [-0.4, -0.2) is 24.2 Å². The highest BCUT2D eigenvalue weighted by Crippen LogP contribution is 2.29. The summed E-state index contributed by atoms with van der Waals surface area (Å²) < 4.78 is 0. The summed E-state index contributed by atoms with van der Waals surface area (Å²) in [5.41, 5.74) is 1.38. The first-order valence-corrected chi connectivity index (χ1v) is 7.04. The molecule has 0 spiro atoms. The molecule has 5 nitrogen and oxygen atoms in total. The summed E-state index contributed by atoms with van der Waals surface area (Å²) in [7, 11) is 1.56. The fourth-order valence-corrected chi connectivity index (χ4v) is 2.01. The van der Waals surface area contributed by atoms with Crippen LogP contribution in [0.5, 0.6) is 0 Å². The van der Waals surface area contributed by atoms with E-state index in [1.54, 1.807) is 14.0 Å². The van der Waals surface area contributed by atoms with Crippen molar-refractivity contribution < 1.29 is 9.59 Å². The molecular weight excluding hydrogens is 286 g/mol. The first-order valence-electron chi connectivity index (χ1n) is 6.52. The molecule has 0 radical (unpaired) electrons. The van der Waals surface area contributed by atoms with Crippen molar-refractivity contribution in [2.24, 2.45) is 0 Å². The SMILES string of the molecule is CNC(=O)Nc1cccc2c(NC(=O)C(C)S)cccc12. The molecule has 2 aromatic carbocycles. The third kappa shape index (κ3) is 3.46. The van der Waals surface area contributed by atoms with Gasteiger partial charge >= 0.3 is 6.03 Å². The minimum atomic E-state index is -0.396. The largest absolute Gasteiger partial charge is 0.341 e. The summed E-state index contributed by atoms with van der Waals surface area (Å²) >= 11 is 4.12. The highest BCUT2D eigenvalue weighted by Gasteiger charge is 2.11. The summed E-state index contributed by atoms with van der Waals surface area (Å²) in [4.78, 5) is 23.3. The van der Waals surface area contributed by atoms with Crippen LogP contribution in [0.2, 0.25) is 0 Å². The lowest BCUT2D eigenvalue weighted by Gasteiger charge is -2.13. The summed E-state index contributed by atoms with van der Waals surface area (Å²) in [5, 5.41) is 9.42. The molecular formula is C15H17N3O2S. The maximum Gasteiger partial charge on any atom is 0.318 e. The summed E-state index contributed by atoms with van der Waals surface area (Å²) in [6.07, 6.45) is 0. The molecule has 0 saturated heterocycles. The van der Waals surface area contributed by atoms with E-state index in [2.05, 4.69) is 28.6 Å². The van der Waals surface area contributed by atoms with Gasteiger partial charge in [0.15, 0.2) is 0 Å². The van der Waals surface area contributed by atoms with E-state index in [4.69, 9.17) is 0 Å². The molecule has 0 aliphatic rings. The zero-order valence-corrected chi connectivity index (χ0v) is 12.7. The third-order valence-corrected chi connectivity index (χ3v) is 3.27.